The Labute approximate surface area is 120 Å². The van der Waals surface area contributed by atoms with Gasteiger partial charge in [-0.3, -0.25) is 0 Å². The summed E-state index contributed by atoms with van der Waals surface area (Å²) in [5, 5.41) is 3.65. The molecule has 0 aromatic heterocycles. The molecule has 0 heterocycles. The molecule has 2 atom stereocenters. The highest BCUT2D eigenvalue weighted by Gasteiger charge is 2.28. The number of rotatable bonds is 8. The summed E-state index contributed by atoms with van der Waals surface area (Å²) in [5.74, 6) is 0.701. The Balaban J connectivity index is 2.31. The third-order valence-electron chi connectivity index (χ3n) is 4.79. The van der Waals surface area contributed by atoms with Gasteiger partial charge in [-0.05, 0) is 50.0 Å². The fourth-order valence-electron chi connectivity index (χ4n) is 2.82. The molecule has 1 rings (SSSR count). The molecule has 19 heavy (non-hydrogen) atoms. The molecule has 0 bridgehead atoms. The molecule has 1 fully saturated rings. The zero-order chi connectivity index (χ0) is 14.3. The number of nitrogens with one attached hydrogen (secondary N) is 1. The summed E-state index contributed by atoms with van der Waals surface area (Å²) in [6, 6.07) is 0.528. The summed E-state index contributed by atoms with van der Waals surface area (Å²) in [6.45, 7) is 13.6. The van der Waals surface area contributed by atoms with Crippen molar-refractivity contribution >= 4 is 0 Å². The second-order valence-corrected chi connectivity index (χ2v) is 7.14. The van der Waals surface area contributed by atoms with E-state index in [1.165, 1.54) is 38.5 Å². The molecule has 0 radical (unpaired) electrons. The molecule has 0 aromatic carbocycles. The van der Waals surface area contributed by atoms with Crippen LogP contribution in [0.15, 0.2) is 0 Å². The minimum Gasteiger partial charge on any atom is -0.377 e. The van der Waals surface area contributed by atoms with E-state index >= 15 is 0 Å². The Morgan fingerprint density at radius 1 is 1.21 bits per heavy atom. The maximum Gasteiger partial charge on any atom is 0.0625 e. The van der Waals surface area contributed by atoms with Gasteiger partial charge < -0.3 is 10.1 Å². The second-order valence-electron chi connectivity index (χ2n) is 7.14. The van der Waals surface area contributed by atoms with Gasteiger partial charge in [-0.15, -0.1) is 0 Å². The lowest BCUT2D eigenvalue weighted by Crippen LogP contribution is -2.41. The van der Waals surface area contributed by atoms with Crippen LogP contribution in [0.2, 0.25) is 0 Å². The van der Waals surface area contributed by atoms with Crippen LogP contribution in [0.4, 0.5) is 0 Å². The third kappa shape index (κ3) is 6.27. The molecular formula is C17H35NO. The van der Waals surface area contributed by atoms with Gasteiger partial charge in [0.2, 0.25) is 0 Å². The summed E-state index contributed by atoms with van der Waals surface area (Å²) in [7, 11) is 0. The van der Waals surface area contributed by atoms with E-state index in [0.29, 0.717) is 23.5 Å². The molecule has 0 aromatic rings. The van der Waals surface area contributed by atoms with Crippen molar-refractivity contribution in [1.29, 1.82) is 0 Å². The second kappa shape index (κ2) is 8.26. The minimum atomic E-state index is 0.503. The van der Waals surface area contributed by atoms with Gasteiger partial charge in [0.1, 0.15) is 0 Å². The summed E-state index contributed by atoms with van der Waals surface area (Å²) in [5.41, 5.74) is 0.538. The smallest absolute Gasteiger partial charge is 0.0625 e. The first-order valence-electron chi connectivity index (χ1n) is 8.33. The lowest BCUT2D eigenvalue weighted by atomic mass is 9.76. The molecule has 1 aliphatic carbocycles. The van der Waals surface area contributed by atoms with Crippen LogP contribution in [0.3, 0.4) is 0 Å². The van der Waals surface area contributed by atoms with Crippen LogP contribution >= 0.6 is 0 Å². The first-order valence-corrected chi connectivity index (χ1v) is 8.33. The summed E-state index contributed by atoms with van der Waals surface area (Å²) < 4.78 is 6.20. The number of ether oxygens (including phenoxy) is 1. The van der Waals surface area contributed by atoms with Crippen LogP contribution in [0.25, 0.3) is 0 Å². The quantitative estimate of drug-likeness (QED) is 0.706. The van der Waals surface area contributed by atoms with Crippen molar-refractivity contribution in [3.05, 3.63) is 0 Å². The van der Waals surface area contributed by atoms with Gasteiger partial charge in [-0.1, -0.05) is 41.0 Å². The van der Waals surface area contributed by atoms with E-state index in [4.69, 9.17) is 4.74 Å². The maximum absolute atomic E-state index is 6.20. The van der Waals surface area contributed by atoms with Gasteiger partial charge >= 0.3 is 0 Å². The van der Waals surface area contributed by atoms with Crippen LogP contribution in [0.5, 0.6) is 0 Å². The molecule has 2 heteroatoms. The topological polar surface area (TPSA) is 21.3 Å². The van der Waals surface area contributed by atoms with Crippen molar-refractivity contribution in [2.24, 2.45) is 11.3 Å². The molecule has 0 saturated heterocycles. The van der Waals surface area contributed by atoms with E-state index in [1.807, 2.05) is 0 Å². The van der Waals surface area contributed by atoms with Gasteiger partial charge in [0, 0.05) is 6.04 Å². The van der Waals surface area contributed by atoms with Gasteiger partial charge in [0.05, 0.1) is 12.7 Å². The molecule has 114 valence electrons. The van der Waals surface area contributed by atoms with Gasteiger partial charge in [-0.25, -0.2) is 0 Å². The molecule has 1 N–H and O–H groups in total. The Hall–Kier alpha value is -0.0800. The lowest BCUT2D eigenvalue weighted by Gasteiger charge is -2.35. The maximum atomic E-state index is 6.20. The highest BCUT2D eigenvalue weighted by molar-refractivity contribution is 4.80. The molecule has 2 nitrogen and oxygen atoms in total. The van der Waals surface area contributed by atoms with Crippen LogP contribution in [0, 0.1) is 11.3 Å². The van der Waals surface area contributed by atoms with Crippen molar-refractivity contribution in [2.45, 2.75) is 85.3 Å². The Kier molecular flexibility index (Phi) is 7.38. The monoisotopic (exact) mass is 269 g/mol. The van der Waals surface area contributed by atoms with E-state index < -0.39 is 0 Å². The van der Waals surface area contributed by atoms with E-state index in [9.17, 15) is 0 Å². The number of hydrogen-bond donors (Lipinski definition) is 1. The van der Waals surface area contributed by atoms with E-state index in [-0.39, 0.29) is 0 Å². The van der Waals surface area contributed by atoms with Gasteiger partial charge in [0.25, 0.3) is 0 Å². The van der Waals surface area contributed by atoms with Crippen molar-refractivity contribution in [1.82, 2.24) is 5.32 Å². The van der Waals surface area contributed by atoms with Crippen LogP contribution in [-0.2, 0) is 4.74 Å². The first-order chi connectivity index (χ1) is 8.98. The van der Waals surface area contributed by atoms with Crippen molar-refractivity contribution in [2.75, 3.05) is 13.2 Å². The third-order valence-corrected chi connectivity index (χ3v) is 4.79. The minimum absolute atomic E-state index is 0.503. The molecule has 2 unspecified atom stereocenters. The highest BCUT2D eigenvalue weighted by Crippen LogP contribution is 2.36. The SMILES string of the molecule is CCCNC(COC1CCC(C)(C)CC1)C(C)CC. The fourth-order valence-corrected chi connectivity index (χ4v) is 2.82. The number of hydrogen-bond acceptors (Lipinski definition) is 2. The highest BCUT2D eigenvalue weighted by atomic mass is 16.5. The standard InChI is InChI=1S/C17H35NO/c1-6-12-18-16(14(3)7-2)13-19-15-8-10-17(4,5)11-9-15/h14-16,18H,6-13H2,1-5H3. The summed E-state index contributed by atoms with van der Waals surface area (Å²) in [6.07, 6.45) is 8.04. The molecule has 0 aliphatic heterocycles. The normalized spacial score (nSPS) is 23.2. The van der Waals surface area contributed by atoms with Crippen molar-refractivity contribution in [3.8, 4) is 0 Å². The average Bonchev–Trinajstić information content (AvgIpc) is 2.39. The molecular weight excluding hydrogens is 234 g/mol. The largest absolute Gasteiger partial charge is 0.377 e. The summed E-state index contributed by atoms with van der Waals surface area (Å²) in [4.78, 5) is 0. The van der Waals surface area contributed by atoms with Gasteiger partial charge in [0.15, 0.2) is 0 Å². The zero-order valence-electron chi connectivity index (χ0n) is 13.8. The van der Waals surface area contributed by atoms with Crippen molar-refractivity contribution in [3.63, 3.8) is 0 Å². The fraction of sp³-hybridized carbons (Fsp3) is 1.00. The van der Waals surface area contributed by atoms with Crippen LogP contribution in [-0.4, -0.2) is 25.3 Å². The van der Waals surface area contributed by atoms with Crippen LogP contribution in [0.1, 0.15) is 73.1 Å². The molecule has 1 aliphatic rings. The zero-order valence-corrected chi connectivity index (χ0v) is 13.8. The molecule has 0 amide bonds. The van der Waals surface area contributed by atoms with E-state index in [1.54, 1.807) is 0 Å². The Morgan fingerprint density at radius 2 is 1.84 bits per heavy atom. The lowest BCUT2D eigenvalue weighted by molar-refractivity contribution is -0.0117. The Morgan fingerprint density at radius 3 is 2.37 bits per heavy atom. The predicted octanol–water partition coefficient (Wildman–Crippen LogP) is 4.39. The molecule has 1 saturated carbocycles. The average molecular weight is 269 g/mol. The Bertz CT molecular complexity index is 229. The first kappa shape index (κ1) is 17.0. The van der Waals surface area contributed by atoms with E-state index in [0.717, 1.165) is 13.2 Å². The predicted molar refractivity (Wildman–Crippen MR) is 83.5 cm³/mol. The van der Waals surface area contributed by atoms with Gasteiger partial charge in [-0.2, -0.15) is 0 Å². The van der Waals surface area contributed by atoms with Crippen molar-refractivity contribution < 1.29 is 4.74 Å². The summed E-state index contributed by atoms with van der Waals surface area (Å²) >= 11 is 0. The molecule has 0 spiro atoms. The van der Waals surface area contributed by atoms with Crippen LogP contribution < -0.4 is 5.32 Å². The van der Waals surface area contributed by atoms with E-state index in [2.05, 4.69) is 39.9 Å².